The summed E-state index contributed by atoms with van der Waals surface area (Å²) >= 11 is 6.06. The zero-order valence-electron chi connectivity index (χ0n) is 22.2. The maximum atomic E-state index is 14.0. The van der Waals surface area contributed by atoms with E-state index in [9.17, 15) is 18.0 Å². The molecule has 206 valence electrons. The molecule has 4 rings (SSSR count). The number of carbonyl (C=O) groups excluding carboxylic acids is 2. The average molecular weight is 568 g/mol. The predicted molar refractivity (Wildman–Crippen MR) is 154 cm³/mol. The van der Waals surface area contributed by atoms with Gasteiger partial charge < -0.3 is 10.2 Å². The molecule has 0 bridgehead atoms. The van der Waals surface area contributed by atoms with Crippen LogP contribution in [0.25, 0.3) is 0 Å². The van der Waals surface area contributed by atoms with Gasteiger partial charge in [0.05, 0.1) is 10.6 Å². The molecule has 7 nitrogen and oxygen atoms in total. The Balaban J connectivity index is 1.68. The Morgan fingerprint density at radius 3 is 2.21 bits per heavy atom. The van der Waals surface area contributed by atoms with E-state index in [2.05, 4.69) is 5.32 Å². The largest absolute Gasteiger partial charge is 0.352 e. The fourth-order valence-corrected chi connectivity index (χ4v) is 6.46. The molecule has 39 heavy (non-hydrogen) atoms. The van der Waals surface area contributed by atoms with Crippen LogP contribution < -0.4 is 9.62 Å². The molecule has 3 aromatic rings. The van der Waals surface area contributed by atoms with Gasteiger partial charge in [0.25, 0.3) is 10.0 Å². The van der Waals surface area contributed by atoms with Gasteiger partial charge in [0.2, 0.25) is 11.8 Å². The van der Waals surface area contributed by atoms with Crippen molar-refractivity contribution in [1.82, 2.24) is 10.2 Å². The number of sulfonamides is 1. The summed E-state index contributed by atoms with van der Waals surface area (Å²) in [5.74, 6) is -0.737. The Hall–Kier alpha value is -3.36. The van der Waals surface area contributed by atoms with Crippen LogP contribution in [0, 0.1) is 6.92 Å². The lowest BCUT2D eigenvalue weighted by Gasteiger charge is -2.33. The monoisotopic (exact) mass is 567 g/mol. The van der Waals surface area contributed by atoms with Crippen molar-refractivity contribution < 1.29 is 18.0 Å². The molecule has 9 heteroatoms. The summed E-state index contributed by atoms with van der Waals surface area (Å²) in [6.45, 7) is 3.15. The van der Waals surface area contributed by atoms with E-state index in [0.717, 1.165) is 35.6 Å². The smallest absolute Gasteiger partial charge is 0.264 e. The van der Waals surface area contributed by atoms with Gasteiger partial charge in [-0.05, 0) is 68.1 Å². The van der Waals surface area contributed by atoms with Crippen LogP contribution in [0.15, 0.2) is 83.8 Å². The van der Waals surface area contributed by atoms with Gasteiger partial charge in [-0.25, -0.2) is 8.42 Å². The fraction of sp³-hybridized carbons (Fsp3) is 0.333. The number of anilines is 1. The Kier molecular flexibility index (Phi) is 9.30. The number of rotatable bonds is 10. The molecule has 0 aromatic heterocycles. The van der Waals surface area contributed by atoms with Gasteiger partial charge in [-0.2, -0.15) is 0 Å². The number of nitrogens with zero attached hydrogens (tertiary/aromatic N) is 2. The highest BCUT2D eigenvalue weighted by Gasteiger charge is 2.33. The summed E-state index contributed by atoms with van der Waals surface area (Å²) in [6.07, 6.45) is 3.96. The van der Waals surface area contributed by atoms with Crippen molar-refractivity contribution in [2.45, 2.75) is 63.1 Å². The average Bonchev–Trinajstić information content (AvgIpc) is 3.45. The molecule has 0 aliphatic heterocycles. The van der Waals surface area contributed by atoms with Crippen LogP contribution in [0.2, 0.25) is 5.02 Å². The third-order valence-electron chi connectivity index (χ3n) is 7.13. The van der Waals surface area contributed by atoms with Crippen molar-refractivity contribution in [2.75, 3.05) is 10.8 Å². The molecule has 1 atom stereocenters. The van der Waals surface area contributed by atoms with Crippen LogP contribution in [0.5, 0.6) is 0 Å². The topological polar surface area (TPSA) is 86.8 Å². The second kappa shape index (κ2) is 12.7. The minimum absolute atomic E-state index is 0.0809. The van der Waals surface area contributed by atoms with Crippen molar-refractivity contribution in [2.24, 2.45) is 0 Å². The van der Waals surface area contributed by atoms with Crippen LogP contribution in [0.4, 0.5) is 5.69 Å². The predicted octanol–water partition coefficient (Wildman–Crippen LogP) is 5.32. The molecule has 1 saturated carbocycles. The Labute approximate surface area is 235 Å². The van der Waals surface area contributed by atoms with Crippen molar-refractivity contribution in [3.8, 4) is 0 Å². The first-order valence-electron chi connectivity index (χ1n) is 13.1. The standard InChI is InChI=1S/C30H34ClN3O4S/c1-22-10-6-9-15-28(22)34(39(37,38)27-13-4-3-5-14-27)21-29(35)33(20-24-16-18-25(31)19-17-24)23(2)30(36)32-26-11-7-8-12-26/h3-6,9-10,13-19,23,26H,7-8,11-12,20-21H2,1-2H3,(H,32,36)/t23-/m1/s1. The second-order valence-corrected chi connectivity index (χ2v) is 12.2. The molecule has 1 fully saturated rings. The summed E-state index contributed by atoms with van der Waals surface area (Å²) in [6, 6.07) is 21.4. The summed E-state index contributed by atoms with van der Waals surface area (Å²) < 4.78 is 28.8. The number of carbonyl (C=O) groups is 2. The zero-order chi connectivity index (χ0) is 28.0. The number of hydrogen-bond acceptors (Lipinski definition) is 4. The molecule has 0 unspecified atom stereocenters. The van der Waals surface area contributed by atoms with Gasteiger partial charge in [-0.3, -0.25) is 13.9 Å². The molecule has 1 aliphatic carbocycles. The van der Waals surface area contributed by atoms with E-state index in [0.29, 0.717) is 16.3 Å². The second-order valence-electron chi connectivity index (χ2n) is 9.93. The first-order chi connectivity index (χ1) is 18.7. The lowest BCUT2D eigenvalue weighted by atomic mass is 10.1. The minimum Gasteiger partial charge on any atom is -0.352 e. The third-order valence-corrected chi connectivity index (χ3v) is 9.16. The highest BCUT2D eigenvalue weighted by molar-refractivity contribution is 7.92. The number of nitrogens with one attached hydrogen (secondary N) is 1. The van der Waals surface area contributed by atoms with Crippen LogP contribution in [0.1, 0.15) is 43.7 Å². The highest BCUT2D eigenvalue weighted by atomic mass is 35.5. The Bertz CT molecular complexity index is 1390. The third kappa shape index (κ3) is 6.99. The van der Waals surface area contributed by atoms with Gasteiger partial charge in [0.15, 0.2) is 0 Å². The number of halogens is 1. The molecule has 2 amide bonds. The molecule has 0 heterocycles. The van der Waals surface area contributed by atoms with E-state index in [1.54, 1.807) is 74.5 Å². The van der Waals surface area contributed by atoms with E-state index >= 15 is 0 Å². The lowest BCUT2D eigenvalue weighted by molar-refractivity contribution is -0.139. The van der Waals surface area contributed by atoms with Gasteiger partial charge in [-0.15, -0.1) is 0 Å². The van der Waals surface area contributed by atoms with Gasteiger partial charge in [0, 0.05) is 17.6 Å². The first kappa shape index (κ1) is 28.6. The summed E-state index contributed by atoms with van der Waals surface area (Å²) in [4.78, 5) is 28.8. The van der Waals surface area contributed by atoms with Crippen LogP contribution in [-0.2, 0) is 26.2 Å². The van der Waals surface area contributed by atoms with E-state index in [1.807, 2.05) is 6.07 Å². The van der Waals surface area contributed by atoms with E-state index < -0.39 is 28.5 Å². The highest BCUT2D eigenvalue weighted by Crippen LogP contribution is 2.27. The van der Waals surface area contributed by atoms with Crippen molar-refractivity contribution in [1.29, 1.82) is 0 Å². The Morgan fingerprint density at radius 1 is 0.949 bits per heavy atom. The van der Waals surface area contributed by atoms with Crippen molar-refractivity contribution in [3.05, 3.63) is 95.0 Å². The van der Waals surface area contributed by atoms with Crippen LogP contribution in [-0.4, -0.2) is 43.8 Å². The molecule has 0 spiro atoms. The van der Waals surface area contributed by atoms with E-state index in [-0.39, 0.29) is 23.4 Å². The normalized spacial score (nSPS) is 14.5. The molecule has 0 saturated heterocycles. The quantitative estimate of drug-likeness (QED) is 0.359. The van der Waals surface area contributed by atoms with Crippen molar-refractivity contribution >= 4 is 39.1 Å². The maximum absolute atomic E-state index is 14.0. The minimum atomic E-state index is -4.08. The summed E-state index contributed by atoms with van der Waals surface area (Å²) in [7, 11) is -4.08. The molecular weight excluding hydrogens is 534 g/mol. The summed E-state index contributed by atoms with van der Waals surface area (Å²) in [5.41, 5.74) is 1.90. The van der Waals surface area contributed by atoms with Crippen LogP contribution in [0.3, 0.4) is 0 Å². The molecule has 1 N–H and O–H groups in total. The fourth-order valence-electron chi connectivity index (χ4n) is 4.84. The van der Waals surface area contributed by atoms with Crippen LogP contribution >= 0.6 is 11.6 Å². The lowest BCUT2D eigenvalue weighted by Crippen LogP contribution is -2.52. The molecule has 0 radical (unpaired) electrons. The van der Waals surface area contributed by atoms with Gasteiger partial charge >= 0.3 is 0 Å². The molecule has 3 aromatic carbocycles. The maximum Gasteiger partial charge on any atom is 0.264 e. The number of hydrogen-bond donors (Lipinski definition) is 1. The van der Waals surface area contributed by atoms with E-state index in [1.165, 1.54) is 17.0 Å². The van der Waals surface area contributed by atoms with E-state index in [4.69, 9.17) is 11.6 Å². The number of para-hydroxylation sites is 1. The molecular formula is C30H34ClN3O4S. The molecule has 1 aliphatic rings. The number of benzene rings is 3. The SMILES string of the molecule is Cc1ccccc1N(CC(=O)N(Cc1ccc(Cl)cc1)[C@H](C)C(=O)NC1CCCC1)S(=O)(=O)c1ccccc1. The Morgan fingerprint density at radius 2 is 1.56 bits per heavy atom. The van der Waals surface area contributed by atoms with Gasteiger partial charge in [0.1, 0.15) is 12.6 Å². The number of aryl methyl sites for hydroxylation is 1. The number of amides is 2. The summed E-state index contributed by atoms with van der Waals surface area (Å²) in [5, 5.41) is 3.63. The van der Waals surface area contributed by atoms with Gasteiger partial charge in [-0.1, -0.05) is 73.0 Å². The van der Waals surface area contributed by atoms with Crippen molar-refractivity contribution in [3.63, 3.8) is 0 Å². The zero-order valence-corrected chi connectivity index (χ0v) is 23.8. The first-order valence-corrected chi connectivity index (χ1v) is 15.0.